The van der Waals surface area contributed by atoms with Crippen LogP contribution in [0.2, 0.25) is 0 Å². The van der Waals surface area contributed by atoms with E-state index in [1.54, 1.807) is 0 Å². The molecule has 0 amide bonds. The Kier molecular flexibility index (Phi) is 7.35. The molecule has 1 N–H and O–H groups in total. The average Bonchev–Trinajstić information content (AvgIpc) is 2.10. The first-order valence-electron chi connectivity index (χ1n) is 5.82. The van der Waals surface area contributed by atoms with Crippen LogP contribution >= 0.6 is 0 Å². The molecule has 0 aromatic heterocycles. The molecule has 0 spiro atoms. The molecule has 1 nitrogen and oxygen atoms in total. The molecule has 2 atom stereocenters. The highest BCUT2D eigenvalue weighted by Crippen LogP contribution is 2.22. The van der Waals surface area contributed by atoms with Crippen LogP contribution in [0.25, 0.3) is 0 Å². The molecular formula is C12H27N. The van der Waals surface area contributed by atoms with E-state index in [2.05, 4.69) is 39.9 Å². The molecule has 0 aromatic rings. The predicted octanol–water partition coefficient (Wildman–Crippen LogP) is 3.30. The van der Waals surface area contributed by atoms with Crippen LogP contribution in [0.15, 0.2) is 0 Å². The Morgan fingerprint density at radius 3 is 2.08 bits per heavy atom. The molecule has 0 aliphatic heterocycles. The molecule has 0 aromatic carbocycles. The quantitative estimate of drug-likeness (QED) is 0.641. The lowest BCUT2D eigenvalue weighted by atomic mass is 9.85. The van der Waals surface area contributed by atoms with E-state index < -0.39 is 0 Å². The molecule has 0 aliphatic rings. The third-order valence-corrected chi connectivity index (χ3v) is 2.88. The van der Waals surface area contributed by atoms with Gasteiger partial charge in [0.05, 0.1) is 0 Å². The van der Waals surface area contributed by atoms with Crippen LogP contribution in [0.3, 0.4) is 0 Å². The Balaban J connectivity index is 3.87. The maximum Gasteiger partial charge on any atom is -0.00180 e. The Morgan fingerprint density at radius 2 is 1.69 bits per heavy atom. The summed E-state index contributed by atoms with van der Waals surface area (Å²) in [4.78, 5) is 0. The van der Waals surface area contributed by atoms with Crippen molar-refractivity contribution in [2.75, 3.05) is 13.1 Å². The summed E-state index contributed by atoms with van der Waals surface area (Å²) in [6.45, 7) is 13.8. The fourth-order valence-electron chi connectivity index (χ4n) is 1.79. The first-order chi connectivity index (χ1) is 6.11. The van der Waals surface area contributed by atoms with Crippen molar-refractivity contribution in [2.45, 2.75) is 47.5 Å². The van der Waals surface area contributed by atoms with Gasteiger partial charge >= 0.3 is 0 Å². The summed E-state index contributed by atoms with van der Waals surface area (Å²) >= 11 is 0. The lowest BCUT2D eigenvalue weighted by Gasteiger charge is -2.24. The molecule has 0 aliphatic carbocycles. The van der Waals surface area contributed by atoms with Gasteiger partial charge in [0.2, 0.25) is 0 Å². The molecule has 0 rings (SSSR count). The van der Waals surface area contributed by atoms with E-state index in [-0.39, 0.29) is 0 Å². The van der Waals surface area contributed by atoms with Crippen LogP contribution in [-0.2, 0) is 0 Å². The van der Waals surface area contributed by atoms with E-state index >= 15 is 0 Å². The van der Waals surface area contributed by atoms with Crippen molar-refractivity contribution < 1.29 is 0 Å². The Labute approximate surface area is 84.3 Å². The van der Waals surface area contributed by atoms with Gasteiger partial charge in [-0.1, -0.05) is 41.0 Å². The number of nitrogens with one attached hydrogen (secondary N) is 1. The van der Waals surface area contributed by atoms with Crippen molar-refractivity contribution in [3.63, 3.8) is 0 Å². The van der Waals surface area contributed by atoms with Crippen LogP contribution in [0.5, 0.6) is 0 Å². The van der Waals surface area contributed by atoms with Crippen molar-refractivity contribution >= 4 is 0 Å². The highest BCUT2D eigenvalue weighted by molar-refractivity contribution is 4.69. The van der Waals surface area contributed by atoms with Crippen LogP contribution < -0.4 is 5.32 Å². The molecule has 0 fully saturated rings. The zero-order valence-corrected chi connectivity index (χ0v) is 10.1. The lowest BCUT2D eigenvalue weighted by Crippen LogP contribution is -2.28. The zero-order chi connectivity index (χ0) is 10.3. The first-order valence-corrected chi connectivity index (χ1v) is 5.82. The first kappa shape index (κ1) is 13.0. The monoisotopic (exact) mass is 185 g/mol. The van der Waals surface area contributed by atoms with Gasteiger partial charge in [-0.2, -0.15) is 0 Å². The van der Waals surface area contributed by atoms with Gasteiger partial charge in [-0.25, -0.2) is 0 Å². The van der Waals surface area contributed by atoms with Crippen molar-refractivity contribution in [3.8, 4) is 0 Å². The summed E-state index contributed by atoms with van der Waals surface area (Å²) in [5, 5.41) is 3.47. The van der Waals surface area contributed by atoms with Gasteiger partial charge in [-0.15, -0.1) is 0 Å². The van der Waals surface area contributed by atoms with E-state index in [9.17, 15) is 0 Å². The summed E-state index contributed by atoms with van der Waals surface area (Å²) in [5.41, 5.74) is 0. The molecule has 0 bridgehead atoms. The van der Waals surface area contributed by atoms with Gasteiger partial charge in [0.15, 0.2) is 0 Å². The minimum atomic E-state index is 0.831. The van der Waals surface area contributed by atoms with E-state index in [0.717, 1.165) is 24.3 Å². The number of hydrogen-bond acceptors (Lipinski definition) is 1. The van der Waals surface area contributed by atoms with Crippen LogP contribution in [-0.4, -0.2) is 13.1 Å². The van der Waals surface area contributed by atoms with Crippen molar-refractivity contribution in [1.29, 1.82) is 0 Å². The van der Waals surface area contributed by atoms with Crippen LogP contribution in [0.1, 0.15) is 47.5 Å². The maximum absolute atomic E-state index is 3.47. The van der Waals surface area contributed by atoms with Crippen molar-refractivity contribution in [1.82, 2.24) is 5.32 Å². The Hall–Kier alpha value is -0.0400. The van der Waals surface area contributed by atoms with E-state index in [4.69, 9.17) is 0 Å². The molecule has 1 heteroatoms. The number of hydrogen-bond donors (Lipinski definition) is 1. The molecule has 13 heavy (non-hydrogen) atoms. The normalized spacial score (nSPS) is 16.2. The molecule has 0 saturated heterocycles. The minimum Gasteiger partial charge on any atom is -0.317 e. The molecule has 80 valence electrons. The molecule has 2 unspecified atom stereocenters. The van der Waals surface area contributed by atoms with Crippen molar-refractivity contribution in [3.05, 3.63) is 0 Å². The molecule has 0 saturated carbocycles. The fourth-order valence-corrected chi connectivity index (χ4v) is 1.79. The maximum atomic E-state index is 3.47. The standard InChI is InChI=1S/C12H27N/c1-6-11(5)12(8-10(3)4)9-13-7-2/h10-13H,6-9H2,1-5H3. The molecular weight excluding hydrogens is 158 g/mol. The summed E-state index contributed by atoms with van der Waals surface area (Å²) in [5.74, 6) is 2.56. The fraction of sp³-hybridized carbons (Fsp3) is 1.00. The largest absolute Gasteiger partial charge is 0.317 e. The summed E-state index contributed by atoms with van der Waals surface area (Å²) < 4.78 is 0. The van der Waals surface area contributed by atoms with Crippen LogP contribution in [0, 0.1) is 17.8 Å². The smallest absolute Gasteiger partial charge is 0.00180 e. The third kappa shape index (κ3) is 6.09. The second-order valence-corrected chi connectivity index (χ2v) is 4.58. The highest BCUT2D eigenvalue weighted by atomic mass is 14.8. The third-order valence-electron chi connectivity index (χ3n) is 2.88. The van der Waals surface area contributed by atoms with E-state index in [1.165, 1.54) is 19.4 Å². The van der Waals surface area contributed by atoms with E-state index in [1.807, 2.05) is 0 Å². The number of rotatable bonds is 7. The lowest BCUT2D eigenvalue weighted by molar-refractivity contribution is 0.282. The average molecular weight is 185 g/mol. The van der Waals surface area contributed by atoms with Gasteiger partial charge in [0.1, 0.15) is 0 Å². The second kappa shape index (κ2) is 7.37. The molecule has 0 radical (unpaired) electrons. The predicted molar refractivity (Wildman–Crippen MR) is 60.9 cm³/mol. The second-order valence-electron chi connectivity index (χ2n) is 4.58. The topological polar surface area (TPSA) is 12.0 Å². The van der Waals surface area contributed by atoms with Gasteiger partial charge in [-0.05, 0) is 37.3 Å². The summed E-state index contributed by atoms with van der Waals surface area (Å²) in [6, 6.07) is 0. The zero-order valence-electron chi connectivity index (χ0n) is 10.1. The Bertz CT molecular complexity index is 110. The van der Waals surface area contributed by atoms with Gasteiger partial charge in [0, 0.05) is 0 Å². The van der Waals surface area contributed by atoms with Crippen LogP contribution in [0.4, 0.5) is 0 Å². The van der Waals surface area contributed by atoms with Gasteiger partial charge in [-0.3, -0.25) is 0 Å². The van der Waals surface area contributed by atoms with E-state index in [0.29, 0.717) is 0 Å². The molecule has 0 heterocycles. The summed E-state index contributed by atoms with van der Waals surface area (Å²) in [6.07, 6.45) is 2.67. The SMILES string of the molecule is CCNCC(CC(C)C)C(C)CC. The minimum absolute atomic E-state index is 0.831. The Morgan fingerprint density at radius 1 is 1.08 bits per heavy atom. The highest BCUT2D eigenvalue weighted by Gasteiger charge is 2.16. The van der Waals surface area contributed by atoms with Gasteiger partial charge < -0.3 is 5.32 Å². The van der Waals surface area contributed by atoms with Gasteiger partial charge in [0.25, 0.3) is 0 Å². The summed E-state index contributed by atoms with van der Waals surface area (Å²) in [7, 11) is 0. The van der Waals surface area contributed by atoms with Crippen molar-refractivity contribution in [2.24, 2.45) is 17.8 Å².